The van der Waals surface area contributed by atoms with Crippen molar-refractivity contribution in [3.8, 4) is 5.75 Å². The number of rotatable bonds is 3. The summed E-state index contributed by atoms with van der Waals surface area (Å²) in [5, 5.41) is 0.717. The van der Waals surface area contributed by atoms with Crippen LogP contribution in [0.3, 0.4) is 0 Å². The molecule has 0 aliphatic heterocycles. The van der Waals surface area contributed by atoms with Crippen molar-refractivity contribution in [3.63, 3.8) is 0 Å². The van der Waals surface area contributed by atoms with Gasteiger partial charge in [-0.3, -0.25) is 4.79 Å². The minimum Gasteiger partial charge on any atom is -0.427 e. The van der Waals surface area contributed by atoms with Gasteiger partial charge in [0.05, 0.1) is 0 Å². The topological polar surface area (TPSA) is 26.3 Å². The molecule has 0 atom stereocenters. The van der Waals surface area contributed by atoms with E-state index in [-0.39, 0.29) is 5.97 Å². The highest BCUT2D eigenvalue weighted by molar-refractivity contribution is 6.30. The lowest BCUT2D eigenvalue weighted by atomic mass is 10.1. The zero-order chi connectivity index (χ0) is 13.7. The molecule has 0 bridgehead atoms. The smallest absolute Gasteiger partial charge is 0.308 e. The van der Waals surface area contributed by atoms with Crippen LogP contribution in [0.5, 0.6) is 5.75 Å². The second-order valence-corrected chi connectivity index (χ2v) is 4.49. The van der Waals surface area contributed by atoms with Gasteiger partial charge in [0.15, 0.2) is 0 Å². The van der Waals surface area contributed by atoms with Crippen LogP contribution in [-0.2, 0) is 4.79 Å². The van der Waals surface area contributed by atoms with E-state index in [1.54, 1.807) is 6.07 Å². The fourth-order valence-electron chi connectivity index (χ4n) is 1.61. The molecule has 0 N–H and O–H groups in total. The Bertz CT molecular complexity index is 600. The van der Waals surface area contributed by atoms with Crippen LogP contribution in [0, 0.1) is 0 Å². The van der Waals surface area contributed by atoms with Gasteiger partial charge in [-0.15, -0.1) is 0 Å². The van der Waals surface area contributed by atoms with Crippen molar-refractivity contribution in [2.24, 2.45) is 0 Å². The average Bonchev–Trinajstić information content (AvgIpc) is 2.38. The summed E-state index contributed by atoms with van der Waals surface area (Å²) in [6.07, 6.45) is 3.93. The van der Waals surface area contributed by atoms with E-state index in [0.717, 1.165) is 11.1 Å². The molecule has 0 aromatic heterocycles. The van der Waals surface area contributed by atoms with Gasteiger partial charge in [-0.25, -0.2) is 0 Å². The van der Waals surface area contributed by atoms with E-state index >= 15 is 0 Å². The van der Waals surface area contributed by atoms with E-state index in [0.29, 0.717) is 10.8 Å². The molecular weight excluding hydrogens is 260 g/mol. The van der Waals surface area contributed by atoms with E-state index in [1.807, 2.05) is 54.6 Å². The molecule has 0 radical (unpaired) electrons. The molecule has 19 heavy (non-hydrogen) atoms. The van der Waals surface area contributed by atoms with Crippen LogP contribution in [0.2, 0.25) is 5.02 Å². The number of hydrogen-bond acceptors (Lipinski definition) is 2. The Hall–Kier alpha value is -2.06. The minimum absolute atomic E-state index is 0.321. The zero-order valence-electron chi connectivity index (χ0n) is 10.5. The van der Waals surface area contributed by atoms with Gasteiger partial charge in [0, 0.05) is 11.9 Å². The number of carbonyl (C=O) groups is 1. The van der Waals surface area contributed by atoms with Crippen molar-refractivity contribution in [1.82, 2.24) is 0 Å². The third-order valence-corrected chi connectivity index (χ3v) is 2.71. The number of carbonyl (C=O) groups excluding carboxylic acids is 1. The molecule has 0 aliphatic carbocycles. The standard InChI is InChI=1S/C16H13ClO2/c1-12(18)19-16-4-2-3-14(11-16)6-5-13-7-9-15(17)10-8-13/h2-11H,1H3. The van der Waals surface area contributed by atoms with Crippen molar-refractivity contribution in [2.75, 3.05) is 0 Å². The fraction of sp³-hybridized carbons (Fsp3) is 0.0625. The highest BCUT2D eigenvalue weighted by atomic mass is 35.5. The normalized spacial score (nSPS) is 10.6. The summed E-state index contributed by atoms with van der Waals surface area (Å²) in [7, 11) is 0. The van der Waals surface area contributed by atoms with Crippen molar-refractivity contribution in [3.05, 3.63) is 64.7 Å². The second-order valence-electron chi connectivity index (χ2n) is 4.05. The number of hydrogen-bond donors (Lipinski definition) is 0. The van der Waals surface area contributed by atoms with Crippen LogP contribution in [0.15, 0.2) is 48.5 Å². The number of benzene rings is 2. The number of ether oxygens (including phenoxy) is 1. The van der Waals surface area contributed by atoms with Crippen molar-refractivity contribution < 1.29 is 9.53 Å². The van der Waals surface area contributed by atoms with E-state index in [1.165, 1.54) is 6.92 Å². The average molecular weight is 273 g/mol. The number of esters is 1. The molecule has 0 spiro atoms. The molecule has 0 saturated carbocycles. The molecule has 2 aromatic carbocycles. The summed E-state index contributed by atoms with van der Waals surface area (Å²) in [5.74, 6) is 0.226. The Morgan fingerprint density at radius 1 is 1.05 bits per heavy atom. The molecule has 0 unspecified atom stereocenters. The zero-order valence-corrected chi connectivity index (χ0v) is 11.2. The van der Waals surface area contributed by atoms with E-state index < -0.39 is 0 Å². The molecule has 2 aromatic rings. The molecule has 0 saturated heterocycles. The maximum absolute atomic E-state index is 10.9. The lowest BCUT2D eigenvalue weighted by Gasteiger charge is -2.01. The quantitative estimate of drug-likeness (QED) is 0.469. The van der Waals surface area contributed by atoms with Gasteiger partial charge in [0.2, 0.25) is 0 Å². The highest BCUT2D eigenvalue weighted by Crippen LogP contribution is 2.17. The van der Waals surface area contributed by atoms with Gasteiger partial charge in [0.25, 0.3) is 0 Å². The first-order chi connectivity index (χ1) is 9.13. The molecule has 0 amide bonds. The molecule has 0 aliphatic rings. The summed E-state index contributed by atoms with van der Waals surface area (Å²) in [4.78, 5) is 10.9. The van der Waals surface area contributed by atoms with Crippen LogP contribution >= 0.6 is 11.6 Å². The maximum atomic E-state index is 10.9. The van der Waals surface area contributed by atoms with E-state index in [9.17, 15) is 4.79 Å². The summed E-state index contributed by atoms with van der Waals surface area (Å²) < 4.78 is 5.03. The molecule has 3 heteroatoms. The second kappa shape index (κ2) is 6.21. The third-order valence-electron chi connectivity index (χ3n) is 2.46. The van der Waals surface area contributed by atoms with Crippen LogP contribution in [0.4, 0.5) is 0 Å². The Kier molecular flexibility index (Phi) is 4.37. The summed E-state index contributed by atoms with van der Waals surface area (Å²) in [6, 6.07) is 14.9. The molecule has 2 rings (SSSR count). The maximum Gasteiger partial charge on any atom is 0.308 e. The predicted molar refractivity (Wildman–Crippen MR) is 78.1 cm³/mol. The van der Waals surface area contributed by atoms with E-state index in [2.05, 4.69) is 0 Å². The lowest BCUT2D eigenvalue weighted by molar-refractivity contribution is -0.131. The molecule has 96 valence electrons. The van der Waals surface area contributed by atoms with Gasteiger partial charge in [-0.05, 0) is 35.4 Å². The number of halogens is 1. The fourth-order valence-corrected chi connectivity index (χ4v) is 1.74. The SMILES string of the molecule is CC(=O)Oc1cccc(C=Cc2ccc(Cl)cc2)c1. The van der Waals surface area contributed by atoms with Gasteiger partial charge in [-0.2, -0.15) is 0 Å². The first-order valence-electron chi connectivity index (χ1n) is 5.85. The molecule has 0 fully saturated rings. The van der Waals surface area contributed by atoms with Gasteiger partial charge < -0.3 is 4.74 Å². The first-order valence-corrected chi connectivity index (χ1v) is 6.23. The molecular formula is C16H13ClO2. The highest BCUT2D eigenvalue weighted by Gasteiger charge is 1.97. The monoisotopic (exact) mass is 272 g/mol. The van der Waals surface area contributed by atoms with E-state index in [4.69, 9.17) is 16.3 Å². The third kappa shape index (κ3) is 4.27. The Labute approximate surface area is 117 Å². The van der Waals surface area contributed by atoms with Crippen LogP contribution in [0.1, 0.15) is 18.1 Å². The van der Waals surface area contributed by atoms with Crippen LogP contribution < -0.4 is 4.74 Å². The van der Waals surface area contributed by atoms with Crippen LogP contribution in [0.25, 0.3) is 12.2 Å². The molecule has 2 nitrogen and oxygen atoms in total. The van der Waals surface area contributed by atoms with Gasteiger partial charge in [-0.1, -0.05) is 48.0 Å². The summed E-state index contributed by atoms with van der Waals surface area (Å²) in [5.41, 5.74) is 2.02. The van der Waals surface area contributed by atoms with Gasteiger partial charge in [0.1, 0.15) is 5.75 Å². The summed E-state index contributed by atoms with van der Waals surface area (Å²) in [6.45, 7) is 1.39. The Morgan fingerprint density at radius 2 is 1.74 bits per heavy atom. The first kappa shape index (κ1) is 13.4. The minimum atomic E-state index is -0.321. The molecule has 0 heterocycles. The Morgan fingerprint density at radius 3 is 2.42 bits per heavy atom. The summed E-state index contributed by atoms with van der Waals surface area (Å²) >= 11 is 5.83. The van der Waals surface area contributed by atoms with Crippen molar-refractivity contribution in [1.29, 1.82) is 0 Å². The largest absolute Gasteiger partial charge is 0.427 e. The Balaban J connectivity index is 2.14. The van der Waals surface area contributed by atoms with Gasteiger partial charge >= 0.3 is 5.97 Å². The lowest BCUT2D eigenvalue weighted by Crippen LogP contribution is -2.00. The van der Waals surface area contributed by atoms with Crippen molar-refractivity contribution in [2.45, 2.75) is 6.92 Å². The predicted octanol–water partition coefficient (Wildman–Crippen LogP) is 4.44. The van der Waals surface area contributed by atoms with Crippen LogP contribution in [-0.4, -0.2) is 5.97 Å². The van der Waals surface area contributed by atoms with Crippen molar-refractivity contribution >= 4 is 29.7 Å².